The van der Waals surface area contributed by atoms with Gasteiger partial charge in [0, 0.05) is 17.6 Å². The Labute approximate surface area is 149 Å². The molecule has 1 aliphatic carbocycles. The standard InChI is InChI=1S/C18H18ClFN2O3/c1-2-5-16(23)21-14-9-15(13(20)8-12(14)19)22-17(24)10-6-3-4-7-11(10)18(22)25/h8-9H,2-7H2,1H3,(H,21,23). The average molecular weight is 365 g/mol. The number of carbonyl (C=O) groups excluding carboxylic acids is 3. The van der Waals surface area contributed by atoms with Gasteiger partial charge in [0.2, 0.25) is 5.91 Å². The number of amides is 3. The lowest BCUT2D eigenvalue weighted by molar-refractivity contribution is -0.121. The quantitative estimate of drug-likeness (QED) is 0.822. The fourth-order valence-electron chi connectivity index (χ4n) is 3.20. The zero-order chi connectivity index (χ0) is 18.1. The third-order valence-corrected chi connectivity index (χ3v) is 4.73. The van der Waals surface area contributed by atoms with Gasteiger partial charge >= 0.3 is 0 Å². The van der Waals surface area contributed by atoms with Crippen LogP contribution in [0.25, 0.3) is 0 Å². The first-order valence-corrected chi connectivity index (χ1v) is 8.71. The highest BCUT2D eigenvalue weighted by Crippen LogP contribution is 2.38. The summed E-state index contributed by atoms with van der Waals surface area (Å²) in [5, 5.41) is 2.61. The molecule has 0 fully saturated rings. The Balaban J connectivity index is 1.96. The van der Waals surface area contributed by atoms with E-state index in [1.807, 2.05) is 6.92 Å². The number of carbonyl (C=O) groups is 3. The smallest absolute Gasteiger partial charge is 0.261 e. The predicted molar refractivity (Wildman–Crippen MR) is 92.9 cm³/mol. The van der Waals surface area contributed by atoms with Gasteiger partial charge in [-0.15, -0.1) is 0 Å². The van der Waals surface area contributed by atoms with Crippen LogP contribution in [0.2, 0.25) is 5.02 Å². The van der Waals surface area contributed by atoms with Crippen molar-refractivity contribution in [3.8, 4) is 0 Å². The van der Waals surface area contributed by atoms with Crippen LogP contribution in [0.4, 0.5) is 15.8 Å². The molecule has 1 heterocycles. The summed E-state index contributed by atoms with van der Waals surface area (Å²) in [5.74, 6) is -2.00. The van der Waals surface area contributed by atoms with E-state index in [1.165, 1.54) is 6.07 Å². The summed E-state index contributed by atoms with van der Waals surface area (Å²) in [5.41, 5.74) is 0.951. The molecule has 0 radical (unpaired) electrons. The monoisotopic (exact) mass is 364 g/mol. The highest BCUT2D eigenvalue weighted by Gasteiger charge is 2.41. The molecule has 1 aromatic rings. The molecule has 5 nitrogen and oxygen atoms in total. The van der Waals surface area contributed by atoms with E-state index in [4.69, 9.17) is 11.6 Å². The summed E-state index contributed by atoms with van der Waals surface area (Å²) in [6, 6.07) is 2.26. The average Bonchev–Trinajstić information content (AvgIpc) is 2.82. The minimum absolute atomic E-state index is 0.0162. The Kier molecular flexibility index (Phi) is 4.90. The van der Waals surface area contributed by atoms with Crippen LogP contribution in [0.1, 0.15) is 45.4 Å². The predicted octanol–water partition coefficient (Wildman–Crippen LogP) is 3.96. The SMILES string of the molecule is CCCC(=O)Nc1cc(N2C(=O)C3=C(CCCC3)C2=O)c(F)cc1Cl. The van der Waals surface area contributed by atoms with Crippen molar-refractivity contribution >= 4 is 40.7 Å². The van der Waals surface area contributed by atoms with E-state index in [1.54, 1.807) is 0 Å². The summed E-state index contributed by atoms with van der Waals surface area (Å²) in [6.07, 6.45) is 3.69. The van der Waals surface area contributed by atoms with Gasteiger partial charge in [-0.3, -0.25) is 14.4 Å². The zero-order valence-electron chi connectivity index (χ0n) is 13.8. The van der Waals surface area contributed by atoms with Gasteiger partial charge in [0.25, 0.3) is 11.8 Å². The minimum Gasteiger partial charge on any atom is -0.325 e. The van der Waals surface area contributed by atoms with Crippen LogP contribution in [0.15, 0.2) is 23.3 Å². The molecule has 0 saturated heterocycles. The number of hydrogen-bond acceptors (Lipinski definition) is 3. The molecule has 3 rings (SSSR count). The summed E-state index contributed by atoms with van der Waals surface area (Å²) in [7, 11) is 0. The second-order valence-corrected chi connectivity index (χ2v) is 6.60. The molecule has 0 saturated carbocycles. The molecule has 1 aliphatic heterocycles. The first-order chi connectivity index (χ1) is 11.9. The van der Waals surface area contributed by atoms with Crippen molar-refractivity contribution in [3.63, 3.8) is 0 Å². The van der Waals surface area contributed by atoms with Crippen LogP contribution in [0.5, 0.6) is 0 Å². The molecule has 1 N–H and O–H groups in total. The van der Waals surface area contributed by atoms with E-state index in [9.17, 15) is 18.8 Å². The van der Waals surface area contributed by atoms with Crippen LogP contribution in [-0.2, 0) is 14.4 Å². The molecular formula is C18H18ClFN2O3. The second kappa shape index (κ2) is 6.96. The van der Waals surface area contributed by atoms with Crippen molar-refractivity contribution in [1.82, 2.24) is 0 Å². The number of nitrogens with zero attached hydrogens (tertiary/aromatic N) is 1. The largest absolute Gasteiger partial charge is 0.325 e. The highest BCUT2D eigenvalue weighted by atomic mass is 35.5. The lowest BCUT2D eigenvalue weighted by Crippen LogP contribution is -2.32. The molecule has 132 valence electrons. The van der Waals surface area contributed by atoms with Crippen molar-refractivity contribution in [1.29, 1.82) is 0 Å². The maximum atomic E-state index is 14.4. The Hall–Kier alpha value is -2.21. The molecule has 3 amide bonds. The normalized spacial score (nSPS) is 17.2. The number of hydrogen-bond donors (Lipinski definition) is 1. The number of benzene rings is 1. The van der Waals surface area contributed by atoms with Gasteiger partial charge in [-0.1, -0.05) is 18.5 Å². The Morgan fingerprint density at radius 3 is 2.36 bits per heavy atom. The van der Waals surface area contributed by atoms with Crippen molar-refractivity contribution in [2.24, 2.45) is 0 Å². The van der Waals surface area contributed by atoms with Gasteiger partial charge < -0.3 is 5.32 Å². The van der Waals surface area contributed by atoms with Gasteiger partial charge in [0.05, 0.1) is 16.4 Å². The fraction of sp³-hybridized carbons (Fsp3) is 0.389. The maximum Gasteiger partial charge on any atom is 0.261 e. The lowest BCUT2D eigenvalue weighted by Gasteiger charge is -2.18. The van der Waals surface area contributed by atoms with E-state index in [0.717, 1.165) is 23.8 Å². The van der Waals surface area contributed by atoms with Crippen LogP contribution < -0.4 is 10.2 Å². The highest BCUT2D eigenvalue weighted by molar-refractivity contribution is 6.35. The van der Waals surface area contributed by atoms with E-state index in [0.29, 0.717) is 36.8 Å². The Morgan fingerprint density at radius 2 is 1.80 bits per heavy atom. The van der Waals surface area contributed by atoms with Crippen LogP contribution >= 0.6 is 11.6 Å². The van der Waals surface area contributed by atoms with Crippen LogP contribution in [-0.4, -0.2) is 17.7 Å². The maximum absolute atomic E-state index is 14.4. The molecule has 1 aromatic carbocycles. The second-order valence-electron chi connectivity index (χ2n) is 6.19. The number of nitrogens with one attached hydrogen (secondary N) is 1. The van der Waals surface area contributed by atoms with E-state index >= 15 is 0 Å². The summed E-state index contributed by atoms with van der Waals surface area (Å²) in [6.45, 7) is 1.86. The number of halogens is 2. The molecule has 0 bridgehead atoms. The number of rotatable bonds is 4. The summed E-state index contributed by atoms with van der Waals surface area (Å²) in [4.78, 5) is 37.8. The van der Waals surface area contributed by atoms with E-state index in [2.05, 4.69) is 5.32 Å². The van der Waals surface area contributed by atoms with Gasteiger partial charge in [-0.05, 0) is 44.2 Å². The number of anilines is 2. The van der Waals surface area contributed by atoms with Crippen molar-refractivity contribution in [2.75, 3.05) is 10.2 Å². The third-order valence-electron chi connectivity index (χ3n) is 4.42. The topological polar surface area (TPSA) is 66.5 Å². The van der Waals surface area contributed by atoms with Gasteiger partial charge in [0.15, 0.2) is 0 Å². The van der Waals surface area contributed by atoms with Crippen molar-refractivity contribution in [3.05, 3.63) is 34.1 Å². The van der Waals surface area contributed by atoms with Gasteiger partial charge in [-0.2, -0.15) is 0 Å². The molecule has 2 aliphatic rings. The van der Waals surface area contributed by atoms with Crippen molar-refractivity contribution < 1.29 is 18.8 Å². The summed E-state index contributed by atoms with van der Waals surface area (Å²) >= 11 is 5.99. The molecule has 7 heteroatoms. The van der Waals surface area contributed by atoms with Gasteiger partial charge in [-0.25, -0.2) is 9.29 Å². The minimum atomic E-state index is -0.778. The first-order valence-electron chi connectivity index (χ1n) is 8.33. The molecule has 0 unspecified atom stereocenters. The van der Waals surface area contributed by atoms with Crippen molar-refractivity contribution in [2.45, 2.75) is 45.4 Å². The summed E-state index contributed by atoms with van der Waals surface area (Å²) < 4.78 is 14.4. The molecule has 25 heavy (non-hydrogen) atoms. The molecule has 0 atom stereocenters. The van der Waals surface area contributed by atoms with E-state index in [-0.39, 0.29) is 22.3 Å². The fourth-order valence-corrected chi connectivity index (χ4v) is 3.40. The van der Waals surface area contributed by atoms with Gasteiger partial charge in [0.1, 0.15) is 5.82 Å². The Morgan fingerprint density at radius 1 is 1.20 bits per heavy atom. The number of imide groups is 1. The molecular weight excluding hydrogens is 347 g/mol. The lowest BCUT2D eigenvalue weighted by atomic mass is 9.93. The molecule has 0 aromatic heterocycles. The van der Waals surface area contributed by atoms with Crippen LogP contribution in [0, 0.1) is 5.82 Å². The zero-order valence-corrected chi connectivity index (χ0v) is 14.6. The van der Waals surface area contributed by atoms with Crippen LogP contribution in [0.3, 0.4) is 0 Å². The molecule has 0 spiro atoms. The first kappa shape index (κ1) is 17.6. The van der Waals surface area contributed by atoms with E-state index < -0.39 is 17.6 Å². The third kappa shape index (κ3) is 3.18. The Bertz CT molecular complexity index is 776.